The molecule has 4 rings (SSSR count). The van der Waals surface area contributed by atoms with Gasteiger partial charge < -0.3 is 20.3 Å². The van der Waals surface area contributed by atoms with Gasteiger partial charge in [0.2, 0.25) is 0 Å². The van der Waals surface area contributed by atoms with Gasteiger partial charge in [0.25, 0.3) is 11.8 Å². The highest BCUT2D eigenvalue weighted by Gasteiger charge is 2.25. The van der Waals surface area contributed by atoms with E-state index >= 15 is 0 Å². The van der Waals surface area contributed by atoms with Crippen LogP contribution in [0.1, 0.15) is 46.4 Å². The molecule has 2 aliphatic heterocycles. The zero-order chi connectivity index (χ0) is 22.5. The number of carbonyl (C=O) groups excluding carboxylic acids is 3. The number of likely N-dealkylation sites (tertiary alicyclic amines) is 1. The number of ether oxygens (including phenoxy) is 1. The summed E-state index contributed by atoms with van der Waals surface area (Å²) < 4.78 is 5.36. The third-order valence-electron chi connectivity index (χ3n) is 5.87. The molecular formula is C24H28N4O4. The molecule has 2 heterocycles. The lowest BCUT2D eigenvalue weighted by Gasteiger charge is -2.20. The molecule has 0 spiro atoms. The maximum absolute atomic E-state index is 12.8. The summed E-state index contributed by atoms with van der Waals surface area (Å²) in [5.74, 6) is 0.253. The van der Waals surface area contributed by atoms with Crippen LogP contribution >= 0.6 is 0 Å². The van der Waals surface area contributed by atoms with Gasteiger partial charge in [-0.1, -0.05) is 12.8 Å². The predicted molar refractivity (Wildman–Crippen MR) is 123 cm³/mol. The van der Waals surface area contributed by atoms with Crippen LogP contribution in [-0.4, -0.2) is 56.0 Å². The van der Waals surface area contributed by atoms with E-state index in [4.69, 9.17) is 4.74 Å². The zero-order valence-corrected chi connectivity index (χ0v) is 18.2. The first-order valence-electron chi connectivity index (χ1n) is 11.0. The molecule has 0 aliphatic carbocycles. The number of methoxy groups -OCH3 is 1. The Hall–Kier alpha value is -3.55. The first-order chi connectivity index (χ1) is 15.6. The van der Waals surface area contributed by atoms with Crippen molar-refractivity contribution in [1.29, 1.82) is 0 Å². The topological polar surface area (TPSA) is 91.0 Å². The fourth-order valence-electron chi connectivity index (χ4n) is 4.10. The first kappa shape index (κ1) is 21.7. The second-order valence-corrected chi connectivity index (χ2v) is 8.01. The quantitative estimate of drug-likeness (QED) is 0.751. The largest absolute Gasteiger partial charge is 0.495 e. The Morgan fingerprint density at radius 3 is 2.25 bits per heavy atom. The number of nitrogens with zero attached hydrogens (tertiary/aromatic N) is 2. The van der Waals surface area contributed by atoms with Crippen molar-refractivity contribution in [3.8, 4) is 5.75 Å². The van der Waals surface area contributed by atoms with Gasteiger partial charge in [-0.25, -0.2) is 4.79 Å². The monoisotopic (exact) mass is 436 g/mol. The average molecular weight is 437 g/mol. The van der Waals surface area contributed by atoms with E-state index in [1.54, 1.807) is 47.4 Å². The number of benzene rings is 2. The van der Waals surface area contributed by atoms with E-state index in [-0.39, 0.29) is 17.8 Å². The highest BCUT2D eigenvalue weighted by molar-refractivity contribution is 6.06. The summed E-state index contributed by atoms with van der Waals surface area (Å²) in [7, 11) is 1.53. The van der Waals surface area contributed by atoms with Crippen molar-refractivity contribution in [1.82, 2.24) is 10.2 Å². The van der Waals surface area contributed by atoms with Crippen molar-refractivity contribution in [3.63, 3.8) is 0 Å². The molecule has 0 aromatic heterocycles. The molecule has 2 aliphatic rings. The van der Waals surface area contributed by atoms with Crippen LogP contribution in [0.4, 0.5) is 16.2 Å². The first-order valence-corrected chi connectivity index (χ1v) is 11.0. The minimum absolute atomic E-state index is 0.0356. The summed E-state index contributed by atoms with van der Waals surface area (Å²) in [6.45, 7) is 2.64. The Kier molecular flexibility index (Phi) is 6.58. The van der Waals surface area contributed by atoms with Gasteiger partial charge >= 0.3 is 6.03 Å². The summed E-state index contributed by atoms with van der Waals surface area (Å²) in [4.78, 5) is 41.1. The number of hydrogen-bond acceptors (Lipinski definition) is 4. The van der Waals surface area contributed by atoms with Crippen molar-refractivity contribution in [2.24, 2.45) is 0 Å². The minimum atomic E-state index is -0.305. The molecule has 32 heavy (non-hydrogen) atoms. The third-order valence-corrected chi connectivity index (χ3v) is 5.87. The third kappa shape index (κ3) is 4.69. The molecule has 0 bridgehead atoms. The van der Waals surface area contributed by atoms with Gasteiger partial charge in [-0.05, 0) is 55.3 Å². The van der Waals surface area contributed by atoms with E-state index in [1.165, 1.54) is 20.0 Å². The molecule has 8 nitrogen and oxygen atoms in total. The highest BCUT2D eigenvalue weighted by atomic mass is 16.5. The molecule has 8 heteroatoms. The van der Waals surface area contributed by atoms with Gasteiger partial charge in [0.05, 0.1) is 12.8 Å². The zero-order valence-electron chi connectivity index (χ0n) is 18.2. The average Bonchev–Trinajstić information content (AvgIpc) is 3.07. The number of hydrogen-bond donors (Lipinski definition) is 2. The van der Waals surface area contributed by atoms with E-state index in [9.17, 15) is 14.4 Å². The van der Waals surface area contributed by atoms with Gasteiger partial charge in [0.1, 0.15) is 5.75 Å². The molecule has 0 atom stereocenters. The summed E-state index contributed by atoms with van der Waals surface area (Å²) in [6, 6.07) is 11.7. The normalized spacial score (nSPS) is 16.3. The van der Waals surface area contributed by atoms with Gasteiger partial charge in [0.15, 0.2) is 0 Å². The van der Waals surface area contributed by atoms with Crippen molar-refractivity contribution in [2.75, 3.05) is 43.5 Å². The Morgan fingerprint density at radius 1 is 0.938 bits per heavy atom. The van der Waals surface area contributed by atoms with E-state index < -0.39 is 0 Å². The minimum Gasteiger partial charge on any atom is -0.495 e. The van der Waals surface area contributed by atoms with Crippen molar-refractivity contribution < 1.29 is 19.1 Å². The number of carbonyl (C=O) groups is 3. The summed E-state index contributed by atoms with van der Waals surface area (Å²) in [6.07, 6.45) is 4.43. The van der Waals surface area contributed by atoms with Crippen LogP contribution in [0.2, 0.25) is 0 Å². The van der Waals surface area contributed by atoms with Crippen LogP contribution in [-0.2, 0) is 0 Å². The summed E-state index contributed by atoms with van der Waals surface area (Å²) in [5, 5.41) is 5.61. The Morgan fingerprint density at radius 2 is 1.62 bits per heavy atom. The summed E-state index contributed by atoms with van der Waals surface area (Å²) >= 11 is 0. The van der Waals surface area contributed by atoms with E-state index in [0.29, 0.717) is 41.3 Å². The lowest BCUT2D eigenvalue weighted by atomic mass is 10.1. The van der Waals surface area contributed by atoms with Gasteiger partial charge in [-0.2, -0.15) is 0 Å². The van der Waals surface area contributed by atoms with Crippen LogP contribution in [0.15, 0.2) is 42.5 Å². The van der Waals surface area contributed by atoms with Crippen molar-refractivity contribution >= 4 is 29.2 Å². The maximum Gasteiger partial charge on any atom is 0.322 e. The molecule has 2 N–H and O–H groups in total. The molecule has 168 valence electrons. The van der Waals surface area contributed by atoms with Crippen LogP contribution < -0.4 is 20.3 Å². The number of rotatable bonds is 5. The fraction of sp³-hybridized carbons (Fsp3) is 0.375. The molecule has 4 amide bonds. The molecule has 2 aromatic rings. The van der Waals surface area contributed by atoms with Gasteiger partial charge in [-0.15, -0.1) is 0 Å². The van der Waals surface area contributed by atoms with Crippen LogP contribution in [0.5, 0.6) is 5.75 Å². The van der Waals surface area contributed by atoms with Crippen LogP contribution in [0.3, 0.4) is 0 Å². The molecule has 0 radical (unpaired) electrons. The molecule has 0 saturated carbocycles. The fourth-order valence-corrected chi connectivity index (χ4v) is 4.10. The SMILES string of the molecule is COc1ccc(C(=O)Nc2ccc(C(=O)N3CCCCCC3)cc2)cc1N1CCNC1=O. The second-order valence-electron chi connectivity index (χ2n) is 8.01. The molecular weight excluding hydrogens is 408 g/mol. The van der Waals surface area contributed by atoms with E-state index in [0.717, 1.165) is 25.9 Å². The number of urea groups is 1. The maximum atomic E-state index is 12.8. The lowest BCUT2D eigenvalue weighted by Crippen LogP contribution is -2.31. The number of amides is 4. The van der Waals surface area contributed by atoms with E-state index in [1.807, 2.05) is 4.90 Å². The van der Waals surface area contributed by atoms with Crippen molar-refractivity contribution in [3.05, 3.63) is 53.6 Å². The Labute approximate surface area is 187 Å². The lowest BCUT2D eigenvalue weighted by molar-refractivity contribution is 0.0761. The number of anilines is 2. The molecule has 2 fully saturated rings. The predicted octanol–water partition coefficient (Wildman–Crippen LogP) is 3.49. The molecule has 0 unspecified atom stereocenters. The summed E-state index contributed by atoms with van der Waals surface area (Å²) in [5.41, 5.74) is 2.18. The second kappa shape index (κ2) is 9.72. The molecule has 2 aromatic carbocycles. The van der Waals surface area contributed by atoms with Crippen LogP contribution in [0, 0.1) is 0 Å². The standard InChI is InChI=1S/C24H28N4O4/c1-32-21-11-8-18(16-20(21)28-15-12-25-24(28)31)22(29)26-19-9-6-17(7-10-19)23(30)27-13-4-2-3-5-14-27/h6-11,16H,2-5,12-15H2,1H3,(H,25,31)(H,26,29). The Bertz CT molecular complexity index is 998. The van der Waals surface area contributed by atoms with Gasteiger partial charge in [-0.3, -0.25) is 14.5 Å². The Balaban J connectivity index is 1.46. The van der Waals surface area contributed by atoms with Gasteiger partial charge in [0, 0.05) is 43.0 Å². The van der Waals surface area contributed by atoms with Crippen LogP contribution in [0.25, 0.3) is 0 Å². The number of nitrogens with one attached hydrogen (secondary N) is 2. The highest BCUT2D eigenvalue weighted by Crippen LogP contribution is 2.30. The smallest absolute Gasteiger partial charge is 0.322 e. The van der Waals surface area contributed by atoms with E-state index in [2.05, 4.69) is 10.6 Å². The molecule has 2 saturated heterocycles. The van der Waals surface area contributed by atoms with Crippen molar-refractivity contribution in [2.45, 2.75) is 25.7 Å².